The molecule has 0 aliphatic carbocycles. The largest absolute Gasteiger partial charge is 0.486 e. The number of hydrogen-bond donors (Lipinski definition) is 1. The summed E-state index contributed by atoms with van der Waals surface area (Å²) in [6.07, 6.45) is 0. The van der Waals surface area contributed by atoms with Gasteiger partial charge in [-0.15, -0.1) is 0 Å². The number of para-hydroxylation sites is 2. The van der Waals surface area contributed by atoms with Gasteiger partial charge in [-0.2, -0.15) is 4.39 Å². The molecule has 2 aromatic rings. The Hall–Kier alpha value is -2.56. The molecule has 0 fully saturated rings. The summed E-state index contributed by atoms with van der Waals surface area (Å²) in [5.74, 6) is -4.20. The first kappa shape index (κ1) is 13.9. The van der Waals surface area contributed by atoms with Crippen LogP contribution in [-0.4, -0.2) is 23.5 Å². The molecule has 0 amide bonds. The number of benzene rings is 2. The Labute approximate surface area is 115 Å². The second-order valence-electron chi connectivity index (χ2n) is 4.05. The molecule has 0 aromatic heterocycles. The summed E-state index contributed by atoms with van der Waals surface area (Å²) in [7, 11) is 0. The van der Waals surface area contributed by atoms with Crippen LogP contribution in [0.1, 0.15) is 0 Å². The topological polar surface area (TPSA) is 55.8 Å². The minimum atomic E-state index is -2.95. The first-order valence-corrected chi connectivity index (χ1v) is 5.94. The van der Waals surface area contributed by atoms with Crippen LogP contribution in [-0.2, 0) is 4.79 Å². The van der Waals surface area contributed by atoms with Crippen molar-refractivity contribution in [2.45, 2.75) is 5.85 Å². The predicted molar refractivity (Wildman–Crippen MR) is 70.5 cm³/mol. The summed E-state index contributed by atoms with van der Waals surface area (Å²) >= 11 is 0. The second kappa shape index (κ2) is 6.06. The van der Waals surface area contributed by atoms with Crippen LogP contribution in [0.5, 0.6) is 11.5 Å². The molecule has 104 valence electrons. The molecule has 1 atom stereocenters. The summed E-state index contributed by atoms with van der Waals surface area (Å²) in [6, 6.07) is 16.3. The Balaban J connectivity index is 2.08. The molecule has 2 aromatic carbocycles. The summed E-state index contributed by atoms with van der Waals surface area (Å²) in [5, 5.41) is 8.99. The average molecular weight is 276 g/mol. The molecule has 0 aliphatic rings. The van der Waals surface area contributed by atoms with Gasteiger partial charge in [-0.1, -0.05) is 36.4 Å². The molecule has 0 saturated carbocycles. The molecule has 5 heteroatoms. The highest BCUT2D eigenvalue weighted by molar-refractivity contribution is 5.76. The number of carboxylic acid groups (broad SMARTS) is 1. The first-order chi connectivity index (χ1) is 9.60. The van der Waals surface area contributed by atoms with Gasteiger partial charge in [0.15, 0.2) is 6.61 Å². The normalized spacial score (nSPS) is 13.2. The fraction of sp³-hybridized carbons (Fsp3) is 0.133. The third-order valence-corrected chi connectivity index (χ3v) is 2.51. The highest BCUT2D eigenvalue weighted by Crippen LogP contribution is 2.22. The highest BCUT2D eigenvalue weighted by Gasteiger charge is 2.43. The Morgan fingerprint density at radius 3 is 2.00 bits per heavy atom. The molecule has 0 spiro atoms. The van der Waals surface area contributed by atoms with E-state index in [1.807, 2.05) is 0 Å². The lowest BCUT2D eigenvalue weighted by molar-refractivity contribution is -0.179. The van der Waals surface area contributed by atoms with E-state index in [0.717, 1.165) is 0 Å². The second-order valence-corrected chi connectivity index (χ2v) is 4.05. The lowest BCUT2D eigenvalue weighted by Gasteiger charge is -2.22. The molecule has 2 rings (SSSR count). The molecular formula is C15H13FO4. The van der Waals surface area contributed by atoms with Crippen molar-refractivity contribution in [1.29, 1.82) is 0 Å². The van der Waals surface area contributed by atoms with Gasteiger partial charge in [-0.05, 0) is 24.3 Å². The molecule has 1 unspecified atom stereocenters. The zero-order valence-electron chi connectivity index (χ0n) is 10.5. The number of aliphatic carboxylic acids is 1. The standard InChI is InChI=1S/C15H13FO4/c16-15(14(17)18,20-13-9-5-2-6-10-13)11-19-12-7-3-1-4-8-12/h1-10H,11H2,(H,17,18). The van der Waals surface area contributed by atoms with Crippen LogP contribution in [0.15, 0.2) is 60.7 Å². The van der Waals surface area contributed by atoms with Gasteiger partial charge in [-0.25, -0.2) is 4.79 Å². The summed E-state index contributed by atoms with van der Waals surface area (Å²) < 4.78 is 24.4. The zero-order chi connectivity index (χ0) is 14.4. The van der Waals surface area contributed by atoms with Gasteiger partial charge in [0.2, 0.25) is 0 Å². The number of carbonyl (C=O) groups is 1. The van der Waals surface area contributed by atoms with E-state index in [1.165, 1.54) is 12.1 Å². The molecule has 0 bridgehead atoms. The van der Waals surface area contributed by atoms with E-state index < -0.39 is 18.4 Å². The van der Waals surface area contributed by atoms with E-state index in [9.17, 15) is 9.18 Å². The summed E-state index contributed by atoms with van der Waals surface area (Å²) in [4.78, 5) is 11.1. The Morgan fingerprint density at radius 1 is 1.00 bits per heavy atom. The van der Waals surface area contributed by atoms with Crippen LogP contribution in [0.4, 0.5) is 4.39 Å². The van der Waals surface area contributed by atoms with Gasteiger partial charge < -0.3 is 14.6 Å². The molecule has 0 saturated heterocycles. The highest BCUT2D eigenvalue weighted by atomic mass is 19.2. The van der Waals surface area contributed by atoms with E-state index in [1.54, 1.807) is 48.5 Å². The van der Waals surface area contributed by atoms with Crippen LogP contribution >= 0.6 is 0 Å². The van der Waals surface area contributed by atoms with Gasteiger partial charge in [0, 0.05) is 0 Å². The number of alkyl halides is 1. The third kappa shape index (κ3) is 3.47. The molecular weight excluding hydrogens is 263 g/mol. The van der Waals surface area contributed by atoms with Crippen molar-refractivity contribution in [3.8, 4) is 11.5 Å². The van der Waals surface area contributed by atoms with E-state index in [2.05, 4.69) is 0 Å². The monoisotopic (exact) mass is 276 g/mol. The number of halogens is 1. The lowest BCUT2D eigenvalue weighted by atomic mass is 10.3. The number of ether oxygens (including phenoxy) is 2. The maximum Gasteiger partial charge on any atom is 0.386 e. The van der Waals surface area contributed by atoms with E-state index >= 15 is 0 Å². The maximum absolute atomic E-state index is 14.3. The van der Waals surface area contributed by atoms with Crippen LogP contribution < -0.4 is 9.47 Å². The zero-order valence-corrected chi connectivity index (χ0v) is 10.5. The van der Waals surface area contributed by atoms with E-state index in [-0.39, 0.29) is 5.75 Å². The smallest absolute Gasteiger partial charge is 0.386 e. The number of carboxylic acids is 1. The van der Waals surface area contributed by atoms with Gasteiger partial charge >= 0.3 is 11.8 Å². The van der Waals surface area contributed by atoms with Crippen molar-refractivity contribution in [2.75, 3.05) is 6.61 Å². The molecule has 0 heterocycles. The Kier molecular flexibility index (Phi) is 4.20. The SMILES string of the molecule is O=C(O)C(F)(COc1ccccc1)Oc1ccccc1. The molecule has 1 N–H and O–H groups in total. The number of rotatable bonds is 6. The third-order valence-electron chi connectivity index (χ3n) is 2.51. The van der Waals surface area contributed by atoms with Gasteiger partial charge in [0.25, 0.3) is 0 Å². The van der Waals surface area contributed by atoms with Gasteiger partial charge in [-0.3, -0.25) is 0 Å². The quantitative estimate of drug-likeness (QED) is 0.881. The van der Waals surface area contributed by atoms with Crippen molar-refractivity contribution < 1.29 is 23.8 Å². The summed E-state index contributed by atoms with van der Waals surface area (Å²) in [5.41, 5.74) is 0. The Bertz CT molecular complexity index is 559. The first-order valence-electron chi connectivity index (χ1n) is 5.94. The maximum atomic E-state index is 14.3. The van der Waals surface area contributed by atoms with Crippen LogP contribution in [0, 0.1) is 0 Å². The van der Waals surface area contributed by atoms with Crippen LogP contribution in [0.2, 0.25) is 0 Å². The van der Waals surface area contributed by atoms with Crippen molar-refractivity contribution in [2.24, 2.45) is 0 Å². The predicted octanol–water partition coefficient (Wildman–Crippen LogP) is 2.89. The van der Waals surface area contributed by atoms with Crippen LogP contribution in [0.3, 0.4) is 0 Å². The number of hydrogen-bond acceptors (Lipinski definition) is 3. The molecule has 0 aliphatic heterocycles. The lowest BCUT2D eigenvalue weighted by Crippen LogP contribution is -2.45. The minimum absolute atomic E-state index is 0.120. The van der Waals surface area contributed by atoms with Gasteiger partial charge in [0.05, 0.1) is 0 Å². The van der Waals surface area contributed by atoms with Crippen molar-refractivity contribution >= 4 is 5.97 Å². The van der Waals surface area contributed by atoms with E-state index in [0.29, 0.717) is 5.75 Å². The van der Waals surface area contributed by atoms with Crippen molar-refractivity contribution in [1.82, 2.24) is 0 Å². The van der Waals surface area contributed by atoms with Gasteiger partial charge in [0.1, 0.15) is 11.5 Å². The van der Waals surface area contributed by atoms with Crippen LogP contribution in [0.25, 0.3) is 0 Å². The van der Waals surface area contributed by atoms with E-state index in [4.69, 9.17) is 14.6 Å². The summed E-state index contributed by atoms with van der Waals surface area (Å²) in [6.45, 7) is -0.749. The fourth-order valence-corrected chi connectivity index (χ4v) is 1.50. The van der Waals surface area contributed by atoms with Crippen molar-refractivity contribution in [3.05, 3.63) is 60.7 Å². The average Bonchev–Trinajstić information content (AvgIpc) is 2.47. The Morgan fingerprint density at radius 2 is 1.50 bits per heavy atom. The molecule has 20 heavy (non-hydrogen) atoms. The fourth-order valence-electron chi connectivity index (χ4n) is 1.50. The van der Waals surface area contributed by atoms with Crippen molar-refractivity contribution in [3.63, 3.8) is 0 Å². The molecule has 0 radical (unpaired) electrons. The minimum Gasteiger partial charge on any atom is -0.486 e. The molecule has 4 nitrogen and oxygen atoms in total.